The fourth-order valence-corrected chi connectivity index (χ4v) is 17.7. The second-order valence-corrected chi connectivity index (χ2v) is 37.2. The average Bonchev–Trinajstić information content (AvgIpc) is 0.762. The van der Waals surface area contributed by atoms with E-state index in [1.165, 1.54) is 77.0 Å². The summed E-state index contributed by atoms with van der Waals surface area (Å²) in [5.74, 6) is -16.6. The van der Waals surface area contributed by atoms with Gasteiger partial charge in [-0.25, -0.2) is 4.79 Å². The summed E-state index contributed by atoms with van der Waals surface area (Å²) in [6.45, 7) is 10.1. The van der Waals surface area contributed by atoms with Crippen LogP contribution < -0.4 is 73.1 Å². The number of carboxylic acids is 1. The minimum Gasteiger partial charge on any atom is -0.508 e. The van der Waals surface area contributed by atoms with Gasteiger partial charge in [-0.15, -0.1) is 0 Å². The van der Waals surface area contributed by atoms with Gasteiger partial charge < -0.3 is 143 Å². The maximum atomic E-state index is 16.3. The number of hydrogen-bond donors (Lipinski definition) is 21. The first kappa shape index (κ1) is 104. The molecule has 2 saturated heterocycles. The van der Waals surface area contributed by atoms with E-state index in [0.29, 0.717) is 48.2 Å². The molecule has 7 heterocycles. The number of nitrogens with two attached hydrogens (primary N) is 1. The molecule has 135 heavy (non-hydrogen) atoms. The van der Waals surface area contributed by atoms with Gasteiger partial charge in [0.25, 0.3) is 11.8 Å². The number of carboxylic acid groups (broad SMARTS) is 1. The van der Waals surface area contributed by atoms with Crippen LogP contribution >= 0.6 is 23.2 Å². The van der Waals surface area contributed by atoms with Gasteiger partial charge in [-0.2, -0.15) is 0 Å². The molecular weight excluding hydrogens is 1800 g/mol. The summed E-state index contributed by atoms with van der Waals surface area (Å²) in [5.41, 5.74) is 2.60. The van der Waals surface area contributed by atoms with Gasteiger partial charge in [0.1, 0.15) is 89.5 Å². The number of carbonyl (C=O) groups excluding carboxylic acids is 9. The van der Waals surface area contributed by atoms with Crippen LogP contribution in [0.15, 0.2) is 103 Å². The molecule has 0 radical (unpaired) electrons. The monoisotopic (exact) mass is 1920 g/mol. The fourth-order valence-electron chi connectivity index (χ4n) is 17.2. The van der Waals surface area contributed by atoms with Crippen LogP contribution in [0.5, 0.6) is 46.0 Å². The fraction of sp³-hybridized carbons (Fsp3) is 0.516. The number of phenols is 3. The lowest BCUT2D eigenvalue weighted by Crippen LogP contribution is -2.65. The van der Waals surface area contributed by atoms with Crippen LogP contribution in [-0.2, 0) is 63.9 Å². The number of amides is 9. The van der Waals surface area contributed by atoms with Crippen molar-refractivity contribution in [1.29, 1.82) is 0 Å². The highest BCUT2D eigenvalue weighted by Crippen LogP contribution is 2.50. The van der Waals surface area contributed by atoms with Crippen molar-refractivity contribution in [3.8, 4) is 57.1 Å². The summed E-state index contributed by atoms with van der Waals surface area (Å²) in [7, 11) is 5.42. The zero-order chi connectivity index (χ0) is 98.0. The van der Waals surface area contributed by atoms with Crippen LogP contribution in [-0.4, -0.2) is 248 Å². The third kappa shape index (κ3) is 26.8. The van der Waals surface area contributed by atoms with Crippen molar-refractivity contribution in [3.05, 3.63) is 152 Å². The number of primary amides is 1. The Morgan fingerprint density at radius 2 is 1.24 bits per heavy atom. The lowest BCUT2D eigenvalue weighted by Gasteiger charge is -2.48. The van der Waals surface area contributed by atoms with Crippen molar-refractivity contribution in [2.45, 2.75) is 253 Å². The first-order chi connectivity index (χ1) is 64.2. The molecule has 13 rings (SSSR count). The van der Waals surface area contributed by atoms with Crippen molar-refractivity contribution in [3.63, 3.8) is 0 Å². The Hall–Kier alpha value is -11.1. The van der Waals surface area contributed by atoms with Crippen LogP contribution in [0.3, 0.4) is 0 Å². The molecule has 11 bridgehead atoms. The molecule has 7 aliphatic rings. The molecule has 0 spiro atoms. The zero-order valence-corrected chi connectivity index (χ0v) is 78.1. The molecule has 0 unspecified atom stereocenters. The maximum absolute atomic E-state index is 16.3. The van der Waals surface area contributed by atoms with Gasteiger partial charge in [0, 0.05) is 66.3 Å². The summed E-state index contributed by atoms with van der Waals surface area (Å²) in [6.07, 6.45) is -3.77. The number of nitrogens with one attached hydrogen (secondary N) is 10. The van der Waals surface area contributed by atoms with E-state index in [-0.39, 0.29) is 64.6 Å². The zero-order valence-electron chi connectivity index (χ0n) is 76.5. The summed E-state index contributed by atoms with van der Waals surface area (Å²) in [4.78, 5) is 145. The average molecular weight is 1920 g/mol. The highest BCUT2D eigenvalue weighted by molar-refractivity contribution is 6.32. The van der Waals surface area contributed by atoms with E-state index in [4.69, 9.17) is 57.4 Å². The Balaban J connectivity index is 0.932. The van der Waals surface area contributed by atoms with Gasteiger partial charge in [-0.1, -0.05) is 145 Å². The summed E-state index contributed by atoms with van der Waals surface area (Å²) in [6, 6.07) is 5.93. The van der Waals surface area contributed by atoms with E-state index in [0.717, 1.165) is 86.0 Å². The topological polar surface area (TPSA) is 575 Å². The molecule has 40 heteroatoms. The van der Waals surface area contributed by atoms with Crippen LogP contribution in [0.2, 0.25) is 10.0 Å². The number of aliphatic carboxylic acids is 1. The van der Waals surface area contributed by atoms with Crippen LogP contribution in [0.25, 0.3) is 11.1 Å². The molecule has 6 aromatic rings. The lowest BCUT2D eigenvalue weighted by atomic mass is 9.84. The number of rotatable bonds is 36. The molecule has 38 nitrogen and oxygen atoms in total. The van der Waals surface area contributed by atoms with E-state index >= 15 is 24.0 Å². The minimum absolute atomic E-state index is 0.0233. The summed E-state index contributed by atoms with van der Waals surface area (Å²) < 4.78 is 40.1. The first-order valence-electron chi connectivity index (χ1n) is 45.6. The number of aromatic hydroxyl groups is 3. The standard InChI is InChI=1S/C95H124Cl2N12O26/c1-9-10-11-12-13-14-15-16-17-18-19-20-32-100-71(115)46-109(7,8)34-21-33-101-86(121)51-24-22-50(23-25-51)45-102-95(5)44-72(130-49(4)85(95)120)134-84-82(119)81(118)69(47-110)133-94(84)135-83-67-39-55-40-68(83)132-66-31-28-54(38-60(66)97)80(117)78-92(127)106-76(93(128)129)58-41-56(111)42-64(113)73(58)57-36-52(26-29-63(57)112)74(89(124)108-78)105-90(125)75(55)104-88(123)62(43-70(98)114)103-91(126)77(107-87(122)61(99-6)35-48(2)3)79(116)53-27-30-65(131-67)59(96)37-53/h22-31,36-42,48-49,61-62,69,72,74-82,84-85,94,99,102,110,116-120H,9-21,32-35,43-47H2,1-8H3,(H13-,98,100,101,103,104,105,106,107,108,111,112,113,114,115,121,122,123,124,125,126,127,128,129)/p+1/t49-,61+,62-,69+,72-,74+,75+,76-,77+,78-,79+,80+,81+,82-,84+,85+,94-,95-/m0/s1. The second-order valence-electron chi connectivity index (χ2n) is 36.3. The van der Waals surface area contributed by atoms with Gasteiger partial charge in [0.05, 0.1) is 62.0 Å². The number of aliphatic hydroxyl groups excluding tert-OH is 6. The van der Waals surface area contributed by atoms with Crippen LogP contribution in [0.1, 0.15) is 211 Å². The normalized spacial score (nSPS) is 25.0. The van der Waals surface area contributed by atoms with Crippen molar-refractivity contribution < 1.29 is 132 Å². The Morgan fingerprint density at radius 1 is 0.644 bits per heavy atom. The van der Waals surface area contributed by atoms with Crippen molar-refractivity contribution >= 4 is 82.3 Å². The van der Waals surface area contributed by atoms with Gasteiger partial charge in [0.2, 0.25) is 53.4 Å². The molecule has 2 fully saturated rings. The number of likely N-dealkylation sites (N-methyl/N-ethyl adjacent to an activating group) is 2. The number of fused-ring (bicyclic) bond motifs is 15. The maximum Gasteiger partial charge on any atom is 0.330 e. The predicted octanol–water partition coefficient (Wildman–Crippen LogP) is 5.95. The number of aliphatic hydroxyl groups is 6. The van der Waals surface area contributed by atoms with E-state index in [2.05, 4.69) is 60.1 Å². The number of halogens is 2. The Bertz CT molecular complexity index is 5230. The van der Waals surface area contributed by atoms with E-state index in [1.807, 2.05) is 27.9 Å². The first-order valence-corrected chi connectivity index (χ1v) is 46.3. The number of quaternary nitrogens is 1. The quantitative estimate of drug-likeness (QED) is 0.0159. The molecule has 0 saturated carbocycles. The highest BCUT2D eigenvalue weighted by Gasteiger charge is 2.53. The summed E-state index contributed by atoms with van der Waals surface area (Å²) >= 11 is 14.4. The van der Waals surface area contributed by atoms with E-state index in [9.17, 15) is 75.0 Å². The Labute approximate surface area is 791 Å². The predicted molar refractivity (Wildman–Crippen MR) is 491 cm³/mol. The van der Waals surface area contributed by atoms with Crippen molar-refractivity contribution in [2.75, 3.05) is 53.9 Å². The number of benzene rings is 6. The van der Waals surface area contributed by atoms with Gasteiger partial charge in [-0.3, -0.25) is 43.2 Å². The number of phenolic OH excluding ortho intramolecular Hbond substituents is 3. The smallest absolute Gasteiger partial charge is 0.330 e. The van der Waals surface area contributed by atoms with Gasteiger partial charge in [-0.05, 0) is 134 Å². The molecule has 9 amide bonds. The van der Waals surface area contributed by atoms with Crippen LogP contribution in [0, 0.1) is 5.92 Å². The molecule has 734 valence electrons. The molecule has 22 N–H and O–H groups in total. The van der Waals surface area contributed by atoms with Gasteiger partial charge >= 0.3 is 5.97 Å². The van der Waals surface area contributed by atoms with E-state index < -0.39 is 237 Å². The highest BCUT2D eigenvalue weighted by atomic mass is 35.5. The molecular formula is C95H125Cl2N12O26+. The largest absolute Gasteiger partial charge is 0.508 e. The van der Waals surface area contributed by atoms with Crippen LogP contribution in [0.4, 0.5) is 0 Å². The molecule has 0 aromatic heterocycles. The molecule has 0 aliphatic carbocycles. The number of nitrogens with zero attached hydrogens (tertiary/aromatic N) is 1. The third-order valence-electron chi connectivity index (χ3n) is 24.8. The number of carbonyl (C=O) groups is 10. The summed E-state index contributed by atoms with van der Waals surface area (Å²) in [5, 5.41) is 143. The minimum atomic E-state index is -2.38. The number of unbranched alkanes of at least 4 members (excludes halogenated alkanes) is 11. The Kier molecular flexibility index (Phi) is 36.4. The number of ether oxygens (including phenoxy) is 6. The van der Waals surface area contributed by atoms with Crippen molar-refractivity contribution in [2.24, 2.45) is 11.7 Å². The number of hydrogen-bond acceptors (Lipinski definition) is 27. The second kappa shape index (κ2) is 47.1. The van der Waals surface area contributed by atoms with Gasteiger partial charge in [0.15, 0.2) is 36.5 Å². The SMILES string of the molecule is CCCCCCCCCCCCCCNC(=O)C[N+](C)(C)CCCNC(=O)c1ccc(CN[C@@]2(C)C[C@H](O[C@H]3[C@H](Oc4c5cc6cc4Oc4ccc(cc4Cl)[C@@H](O)[C@@H](NC(=O)[C@@H](CC(C)C)NC)C(=O)N[C@@H](CC(N)=O)C(=O)N[C@H]6C(=O)N[C@H]4C(=O)N[C@H](C(=O)N[C@H](C(=O)O)c6cc(O)cc(O)c6-c6cc4ccc6O)[C@H](O)c4ccc(c(Cl)c4)O5)O[C@H](CO)[C@@H](O)[C@@H]3O)O[C@@H](C)[C@H]2O)cc1. The molecule has 6 aromatic carbocycles. The van der Waals surface area contributed by atoms with E-state index in [1.54, 1.807) is 38.1 Å². The Morgan fingerprint density at radius 3 is 1.84 bits per heavy atom. The van der Waals surface area contributed by atoms with Crippen molar-refractivity contribution in [1.82, 2.24) is 53.2 Å². The third-order valence-corrected chi connectivity index (χ3v) is 25.4. The molecule has 18 atom stereocenters. The molecule has 7 aliphatic heterocycles. The lowest BCUT2D eigenvalue weighted by molar-refractivity contribution is -0.882.